The summed E-state index contributed by atoms with van der Waals surface area (Å²) in [4.78, 5) is 11.3. The van der Waals surface area contributed by atoms with Gasteiger partial charge in [0.25, 0.3) is 0 Å². The minimum Gasteiger partial charge on any atom is -0.467 e. The zero-order valence-corrected chi connectivity index (χ0v) is 12.3. The van der Waals surface area contributed by atoms with Crippen LogP contribution >= 0.6 is 11.6 Å². The molecule has 0 heterocycles. The molecule has 1 atom stereocenters. The Morgan fingerprint density at radius 1 is 1.28 bits per heavy atom. The second kappa shape index (κ2) is 9.59. The second-order valence-corrected chi connectivity index (χ2v) is 5.17. The van der Waals surface area contributed by atoms with E-state index in [0.29, 0.717) is 12.5 Å². The van der Waals surface area contributed by atoms with Gasteiger partial charge in [-0.2, -0.15) is 0 Å². The molecule has 18 heavy (non-hydrogen) atoms. The Kier molecular flexibility index (Phi) is 9.42. The SMILES string of the molecule is COC(=O)C(C)(C)OCCCCCCC(O)CCl. The van der Waals surface area contributed by atoms with Crippen LogP contribution in [0.15, 0.2) is 0 Å². The number of ether oxygens (including phenoxy) is 2. The van der Waals surface area contributed by atoms with Crippen LogP contribution < -0.4 is 0 Å². The average molecular weight is 281 g/mol. The number of rotatable bonds is 10. The van der Waals surface area contributed by atoms with Gasteiger partial charge < -0.3 is 14.6 Å². The third-order valence-corrected chi connectivity index (χ3v) is 3.11. The smallest absolute Gasteiger partial charge is 0.337 e. The average Bonchev–Trinajstić information content (AvgIpc) is 2.35. The van der Waals surface area contributed by atoms with Crippen LogP contribution in [0.25, 0.3) is 0 Å². The molecule has 0 aliphatic carbocycles. The number of esters is 1. The van der Waals surface area contributed by atoms with E-state index in [2.05, 4.69) is 4.74 Å². The van der Waals surface area contributed by atoms with Crippen LogP contribution in [0.3, 0.4) is 0 Å². The number of carbonyl (C=O) groups excluding carboxylic acids is 1. The molecule has 0 aliphatic rings. The molecule has 5 heteroatoms. The van der Waals surface area contributed by atoms with E-state index in [1.807, 2.05) is 0 Å². The van der Waals surface area contributed by atoms with Crippen LogP contribution in [-0.4, -0.2) is 42.4 Å². The van der Waals surface area contributed by atoms with Gasteiger partial charge in [-0.3, -0.25) is 0 Å². The fourth-order valence-corrected chi connectivity index (χ4v) is 1.70. The number of alkyl halides is 1. The van der Waals surface area contributed by atoms with Gasteiger partial charge in [0.05, 0.1) is 13.2 Å². The van der Waals surface area contributed by atoms with Gasteiger partial charge in [0, 0.05) is 12.5 Å². The van der Waals surface area contributed by atoms with Gasteiger partial charge >= 0.3 is 5.97 Å². The van der Waals surface area contributed by atoms with Crippen molar-refractivity contribution in [2.75, 3.05) is 19.6 Å². The highest BCUT2D eigenvalue weighted by molar-refractivity contribution is 6.18. The fraction of sp³-hybridized carbons (Fsp3) is 0.923. The Labute approximate surface area is 115 Å². The Hall–Kier alpha value is -0.320. The summed E-state index contributed by atoms with van der Waals surface area (Å²) in [5, 5.41) is 9.25. The molecule has 108 valence electrons. The maximum Gasteiger partial charge on any atom is 0.337 e. The first-order valence-corrected chi connectivity index (χ1v) is 6.94. The summed E-state index contributed by atoms with van der Waals surface area (Å²) >= 11 is 5.49. The van der Waals surface area contributed by atoms with Gasteiger partial charge in [-0.1, -0.05) is 19.3 Å². The molecule has 0 amide bonds. The maximum absolute atomic E-state index is 11.3. The van der Waals surface area contributed by atoms with Crippen molar-refractivity contribution in [2.45, 2.75) is 57.7 Å². The molecule has 0 radical (unpaired) electrons. The standard InChI is InChI=1S/C13H25ClO4/c1-13(2,12(16)17-3)18-9-7-5-4-6-8-11(15)10-14/h11,15H,4-10H2,1-3H3. The lowest BCUT2D eigenvalue weighted by atomic mass is 10.1. The van der Waals surface area contributed by atoms with Gasteiger partial charge in [-0.15, -0.1) is 11.6 Å². The summed E-state index contributed by atoms with van der Waals surface area (Å²) in [6.07, 6.45) is 4.28. The van der Waals surface area contributed by atoms with E-state index in [1.165, 1.54) is 7.11 Å². The van der Waals surface area contributed by atoms with Crippen LogP contribution in [0.1, 0.15) is 46.0 Å². The lowest BCUT2D eigenvalue weighted by Crippen LogP contribution is -2.36. The van der Waals surface area contributed by atoms with Gasteiger partial charge in [-0.25, -0.2) is 4.79 Å². The first kappa shape index (κ1) is 17.7. The van der Waals surface area contributed by atoms with Crippen molar-refractivity contribution in [1.82, 2.24) is 0 Å². The quantitative estimate of drug-likeness (QED) is 0.379. The van der Waals surface area contributed by atoms with Gasteiger partial charge in [0.1, 0.15) is 0 Å². The molecule has 0 fully saturated rings. The summed E-state index contributed by atoms with van der Waals surface area (Å²) < 4.78 is 10.1. The maximum atomic E-state index is 11.3. The molecule has 0 aromatic rings. The number of aliphatic hydroxyl groups excluding tert-OH is 1. The molecule has 0 spiro atoms. The van der Waals surface area contributed by atoms with E-state index in [9.17, 15) is 9.90 Å². The summed E-state index contributed by atoms with van der Waals surface area (Å²) in [5.74, 6) is -0.0519. The van der Waals surface area contributed by atoms with Gasteiger partial charge in [0.15, 0.2) is 5.60 Å². The fourth-order valence-electron chi connectivity index (χ4n) is 1.54. The van der Waals surface area contributed by atoms with Crippen molar-refractivity contribution in [3.63, 3.8) is 0 Å². The molecule has 0 saturated carbocycles. The molecule has 0 aliphatic heterocycles. The summed E-state index contributed by atoms with van der Waals surface area (Å²) in [6.45, 7) is 3.95. The van der Waals surface area contributed by atoms with E-state index in [4.69, 9.17) is 16.3 Å². The second-order valence-electron chi connectivity index (χ2n) is 4.86. The monoisotopic (exact) mass is 280 g/mol. The Bertz CT molecular complexity index is 231. The Balaban J connectivity index is 3.48. The predicted molar refractivity (Wildman–Crippen MR) is 71.9 cm³/mol. The first-order chi connectivity index (χ1) is 8.44. The van der Waals surface area contributed by atoms with Crippen molar-refractivity contribution in [3.05, 3.63) is 0 Å². The minimum absolute atomic E-state index is 0.302. The summed E-state index contributed by atoms with van der Waals surface area (Å²) in [5.41, 5.74) is -0.871. The predicted octanol–water partition coefficient (Wildman–Crippen LogP) is 2.50. The highest BCUT2D eigenvalue weighted by Gasteiger charge is 2.29. The highest BCUT2D eigenvalue weighted by Crippen LogP contribution is 2.13. The number of halogens is 1. The zero-order chi connectivity index (χ0) is 14.0. The van der Waals surface area contributed by atoms with Crippen LogP contribution in [0.2, 0.25) is 0 Å². The van der Waals surface area contributed by atoms with Gasteiger partial charge in [0.2, 0.25) is 0 Å². The number of unbranched alkanes of at least 4 members (excludes halogenated alkanes) is 3. The normalized spacial score (nSPS) is 13.4. The minimum atomic E-state index is -0.871. The number of hydrogen-bond donors (Lipinski definition) is 1. The summed E-state index contributed by atoms with van der Waals surface area (Å²) in [7, 11) is 1.36. The van der Waals surface area contributed by atoms with Crippen LogP contribution in [0, 0.1) is 0 Å². The Morgan fingerprint density at radius 2 is 1.89 bits per heavy atom. The van der Waals surface area contributed by atoms with E-state index >= 15 is 0 Å². The lowest BCUT2D eigenvalue weighted by molar-refractivity contribution is -0.165. The topological polar surface area (TPSA) is 55.8 Å². The Morgan fingerprint density at radius 3 is 2.44 bits per heavy atom. The van der Waals surface area contributed by atoms with Crippen LogP contribution in [-0.2, 0) is 14.3 Å². The lowest BCUT2D eigenvalue weighted by Gasteiger charge is -2.22. The van der Waals surface area contributed by atoms with Crippen molar-refractivity contribution in [3.8, 4) is 0 Å². The van der Waals surface area contributed by atoms with Crippen LogP contribution in [0.4, 0.5) is 0 Å². The number of methoxy groups -OCH3 is 1. The van der Waals surface area contributed by atoms with Crippen molar-refractivity contribution in [2.24, 2.45) is 0 Å². The van der Waals surface area contributed by atoms with Crippen LogP contribution in [0.5, 0.6) is 0 Å². The van der Waals surface area contributed by atoms with E-state index in [0.717, 1.165) is 32.1 Å². The molecule has 0 aromatic carbocycles. The third kappa shape index (κ3) is 7.90. The molecular formula is C13H25ClO4. The highest BCUT2D eigenvalue weighted by atomic mass is 35.5. The molecule has 0 saturated heterocycles. The molecular weight excluding hydrogens is 256 g/mol. The largest absolute Gasteiger partial charge is 0.467 e. The molecule has 1 unspecified atom stereocenters. The van der Waals surface area contributed by atoms with Crippen molar-refractivity contribution in [1.29, 1.82) is 0 Å². The van der Waals surface area contributed by atoms with E-state index in [-0.39, 0.29) is 12.1 Å². The molecule has 0 rings (SSSR count). The molecule has 1 N–H and O–H groups in total. The molecule has 0 bridgehead atoms. The summed E-state index contributed by atoms with van der Waals surface area (Å²) in [6, 6.07) is 0. The van der Waals surface area contributed by atoms with Crippen molar-refractivity contribution >= 4 is 17.6 Å². The van der Waals surface area contributed by atoms with E-state index in [1.54, 1.807) is 13.8 Å². The zero-order valence-electron chi connectivity index (χ0n) is 11.6. The number of carbonyl (C=O) groups is 1. The molecule has 0 aromatic heterocycles. The number of hydrogen-bond acceptors (Lipinski definition) is 4. The van der Waals surface area contributed by atoms with Crippen molar-refractivity contribution < 1.29 is 19.4 Å². The van der Waals surface area contributed by atoms with E-state index < -0.39 is 5.60 Å². The van der Waals surface area contributed by atoms with Gasteiger partial charge in [-0.05, 0) is 26.7 Å². The molecule has 4 nitrogen and oxygen atoms in total. The third-order valence-electron chi connectivity index (χ3n) is 2.75. The first-order valence-electron chi connectivity index (χ1n) is 6.40. The number of aliphatic hydroxyl groups is 1.